The first-order chi connectivity index (χ1) is 9.11. The van der Waals surface area contributed by atoms with Gasteiger partial charge in [-0.05, 0) is 13.8 Å². The largest absolute Gasteiger partial charge is 0.363 e. The van der Waals surface area contributed by atoms with Gasteiger partial charge in [-0.25, -0.2) is 9.37 Å². The molecule has 0 radical (unpaired) electrons. The highest BCUT2D eigenvalue weighted by molar-refractivity contribution is 5.41. The van der Waals surface area contributed by atoms with Crippen LogP contribution in [0.5, 0.6) is 0 Å². The predicted octanol–water partition coefficient (Wildman–Crippen LogP) is 1.70. The molecule has 19 heavy (non-hydrogen) atoms. The van der Waals surface area contributed by atoms with Crippen LogP contribution in [-0.2, 0) is 13.6 Å². The Balaban J connectivity index is 2.10. The van der Waals surface area contributed by atoms with Gasteiger partial charge in [0, 0.05) is 31.4 Å². The molecule has 0 unspecified atom stereocenters. The zero-order chi connectivity index (χ0) is 13.8. The minimum absolute atomic E-state index is 0.189. The number of anilines is 2. The van der Waals surface area contributed by atoms with Gasteiger partial charge < -0.3 is 10.6 Å². The number of rotatable bonds is 5. The molecule has 0 bridgehead atoms. The summed E-state index contributed by atoms with van der Waals surface area (Å²) in [6, 6.07) is 0. The molecule has 0 aliphatic rings. The molecule has 0 saturated carbocycles. The van der Waals surface area contributed by atoms with Crippen molar-refractivity contribution in [3.63, 3.8) is 0 Å². The lowest BCUT2D eigenvalue weighted by Crippen LogP contribution is -2.08. The molecule has 2 N–H and O–H groups in total. The topological polar surface area (TPSA) is 67.7 Å². The third-order valence-corrected chi connectivity index (χ3v) is 2.86. The van der Waals surface area contributed by atoms with Crippen LogP contribution in [0.15, 0.2) is 12.4 Å². The molecule has 0 spiro atoms. The summed E-state index contributed by atoms with van der Waals surface area (Å²) in [5.74, 6) is 0.131. The SMILES string of the molecule is CCNc1ncc(F)c(NCc2cnn(C)c2C)n1. The molecule has 0 saturated heterocycles. The van der Waals surface area contributed by atoms with E-state index in [1.807, 2.05) is 20.9 Å². The van der Waals surface area contributed by atoms with E-state index in [4.69, 9.17) is 0 Å². The van der Waals surface area contributed by atoms with Crippen molar-refractivity contribution >= 4 is 11.8 Å². The molecule has 0 aliphatic carbocycles. The summed E-state index contributed by atoms with van der Waals surface area (Å²) in [5, 5.41) is 10.0. The Morgan fingerprint density at radius 2 is 2.11 bits per heavy atom. The van der Waals surface area contributed by atoms with Gasteiger partial charge in [-0.1, -0.05) is 0 Å². The van der Waals surface area contributed by atoms with Gasteiger partial charge in [0.05, 0.1) is 12.4 Å². The Hall–Kier alpha value is -2.18. The van der Waals surface area contributed by atoms with Crippen LogP contribution >= 0.6 is 0 Å². The zero-order valence-electron chi connectivity index (χ0n) is 11.2. The van der Waals surface area contributed by atoms with Gasteiger partial charge in [0.15, 0.2) is 11.6 Å². The first kappa shape index (κ1) is 13.3. The smallest absolute Gasteiger partial charge is 0.224 e. The number of hydrogen-bond donors (Lipinski definition) is 2. The summed E-state index contributed by atoms with van der Waals surface area (Å²) in [7, 11) is 1.87. The van der Waals surface area contributed by atoms with Crippen molar-refractivity contribution in [3.8, 4) is 0 Å². The van der Waals surface area contributed by atoms with E-state index in [-0.39, 0.29) is 5.82 Å². The number of nitrogens with one attached hydrogen (secondary N) is 2. The summed E-state index contributed by atoms with van der Waals surface area (Å²) in [6.45, 7) is 5.05. The Morgan fingerprint density at radius 1 is 1.32 bits per heavy atom. The average molecular weight is 264 g/mol. The van der Waals surface area contributed by atoms with E-state index in [2.05, 4.69) is 25.7 Å². The summed E-state index contributed by atoms with van der Waals surface area (Å²) < 4.78 is 15.4. The second-order valence-electron chi connectivity index (χ2n) is 4.15. The molecule has 6 nitrogen and oxygen atoms in total. The highest BCUT2D eigenvalue weighted by Gasteiger charge is 2.08. The van der Waals surface area contributed by atoms with Gasteiger partial charge in [0.25, 0.3) is 0 Å². The number of aryl methyl sites for hydroxylation is 1. The lowest BCUT2D eigenvalue weighted by Gasteiger charge is -2.08. The third-order valence-electron chi connectivity index (χ3n) is 2.86. The normalized spacial score (nSPS) is 10.5. The molecular formula is C12H17FN6. The standard InChI is InChI=1S/C12H17FN6/c1-4-14-12-16-7-10(13)11(18-12)15-5-9-6-17-19(3)8(9)2/h6-7H,4-5H2,1-3H3,(H2,14,15,16,18). The molecule has 102 valence electrons. The fraction of sp³-hybridized carbons (Fsp3) is 0.417. The van der Waals surface area contributed by atoms with Gasteiger partial charge in [-0.3, -0.25) is 4.68 Å². The Labute approximate surface area is 111 Å². The Bertz CT molecular complexity index is 565. The van der Waals surface area contributed by atoms with E-state index >= 15 is 0 Å². The summed E-state index contributed by atoms with van der Waals surface area (Å²) in [4.78, 5) is 7.93. The van der Waals surface area contributed by atoms with Crippen molar-refractivity contribution in [3.05, 3.63) is 29.5 Å². The maximum absolute atomic E-state index is 13.6. The lowest BCUT2D eigenvalue weighted by molar-refractivity contribution is 0.617. The zero-order valence-corrected chi connectivity index (χ0v) is 11.2. The van der Waals surface area contributed by atoms with Gasteiger partial charge >= 0.3 is 0 Å². The van der Waals surface area contributed by atoms with Crippen molar-refractivity contribution in [1.82, 2.24) is 19.7 Å². The van der Waals surface area contributed by atoms with Gasteiger partial charge in [-0.2, -0.15) is 10.1 Å². The lowest BCUT2D eigenvalue weighted by atomic mass is 10.2. The average Bonchev–Trinajstić information content (AvgIpc) is 2.71. The molecule has 2 aromatic rings. The van der Waals surface area contributed by atoms with Crippen LogP contribution in [0, 0.1) is 12.7 Å². The van der Waals surface area contributed by atoms with Crippen molar-refractivity contribution < 1.29 is 4.39 Å². The molecule has 0 atom stereocenters. The van der Waals surface area contributed by atoms with E-state index in [1.165, 1.54) is 0 Å². The fourth-order valence-corrected chi connectivity index (χ4v) is 1.63. The first-order valence-electron chi connectivity index (χ1n) is 6.09. The van der Waals surface area contributed by atoms with Crippen LogP contribution in [0.3, 0.4) is 0 Å². The maximum atomic E-state index is 13.6. The van der Waals surface area contributed by atoms with Crippen LogP contribution in [0.1, 0.15) is 18.2 Å². The van der Waals surface area contributed by atoms with Crippen LogP contribution in [0.25, 0.3) is 0 Å². The Kier molecular flexibility index (Phi) is 3.94. The summed E-state index contributed by atoms with van der Waals surface area (Å²) >= 11 is 0. The molecule has 2 rings (SSSR count). The molecule has 0 amide bonds. The number of nitrogens with zero attached hydrogens (tertiary/aromatic N) is 4. The molecular weight excluding hydrogens is 247 g/mol. The van der Waals surface area contributed by atoms with Gasteiger partial charge in [0.1, 0.15) is 0 Å². The molecule has 0 aliphatic heterocycles. The fourth-order valence-electron chi connectivity index (χ4n) is 1.63. The third kappa shape index (κ3) is 2.98. The van der Waals surface area contributed by atoms with Crippen molar-refractivity contribution in [2.45, 2.75) is 20.4 Å². The van der Waals surface area contributed by atoms with Gasteiger partial charge in [0.2, 0.25) is 5.95 Å². The maximum Gasteiger partial charge on any atom is 0.224 e. The first-order valence-corrected chi connectivity index (χ1v) is 6.09. The number of hydrogen-bond acceptors (Lipinski definition) is 5. The van der Waals surface area contributed by atoms with Crippen molar-refractivity contribution in [2.24, 2.45) is 7.05 Å². The van der Waals surface area contributed by atoms with E-state index in [0.29, 0.717) is 19.0 Å². The predicted molar refractivity (Wildman–Crippen MR) is 71.4 cm³/mol. The van der Waals surface area contributed by atoms with Crippen molar-refractivity contribution in [2.75, 3.05) is 17.2 Å². The summed E-state index contributed by atoms with van der Waals surface area (Å²) in [5.41, 5.74) is 2.04. The monoisotopic (exact) mass is 264 g/mol. The van der Waals surface area contributed by atoms with E-state index in [1.54, 1.807) is 10.9 Å². The van der Waals surface area contributed by atoms with Crippen LogP contribution in [0.2, 0.25) is 0 Å². The molecule has 2 aromatic heterocycles. The highest BCUT2D eigenvalue weighted by Crippen LogP contribution is 2.14. The van der Waals surface area contributed by atoms with E-state index < -0.39 is 5.82 Å². The number of aromatic nitrogens is 4. The second-order valence-corrected chi connectivity index (χ2v) is 4.15. The quantitative estimate of drug-likeness (QED) is 0.860. The molecule has 7 heteroatoms. The Morgan fingerprint density at radius 3 is 2.74 bits per heavy atom. The van der Waals surface area contributed by atoms with Gasteiger partial charge in [-0.15, -0.1) is 0 Å². The van der Waals surface area contributed by atoms with Crippen LogP contribution in [0.4, 0.5) is 16.2 Å². The molecule has 0 aromatic carbocycles. The minimum Gasteiger partial charge on any atom is -0.363 e. The number of halogens is 1. The van der Waals surface area contributed by atoms with E-state index in [9.17, 15) is 4.39 Å². The van der Waals surface area contributed by atoms with Crippen molar-refractivity contribution in [1.29, 1.82) is 0 Å². The van der Waals surface area contributed by atoms with E-state index in [0.717, 1.165) is 17.5 Å². The minimum atomic E-state index is -0.469. The van der Waals surface area contributed by atoms with Crippen LogP contribution < -0.4 is 10.6 Å². The second kappa shape index (κ2) is 5.64. The molecule has 0 fully saturated rings. The molecule has 2 heterocycles. The summed E-state index contributed by atoms with van der Waals surface area (Å²) in [6.07, 6.45) is 2.91. The highest BCUT2D eigenvalue weighted by atomic mass is 19.1. The van der Waals surface area contributed by atoms with Crippen LogP contribution in [-0.4, -0.2) is 26.3 Å².